The van der Waals surface area contributed by atoms with Crippen LogP contribution in [0.1, 0.15) is 27.2 Å². The molecule has 1 aliphatic rings. The third-order valence-corrected chi connectivity index (χ3v) is 3.50. The molecule has 0 aromatic rings. The van der Waals surface area contributed by atoms with Crippen molar-refractivity contribution in [1.82, 2.24) is 4.90 Å². The van der Waals surface area contributed by atoms with Crippen LogP contribution < -0.4 is 5.73 Å². The van der Waals surface area contributed by atoms with Gasteiger partial charge in [0.25, 0.3) is 5.91 Å². The summed E-state index contributed by atoms with van der Waals surface area (Å²) in [6.45, 7) is 8.60. The fourth-order valence-corrected chi connectivity index (χ4v) is 2.17. The van der Waals surface area contributed by atoms with Gasteiger partial charge in [-0.2, -0.15) is 0 Å². The molecule has 4 heteroatoms. The minimum atomic E-state index is -0.473. The van der Waals surface area contributed by atoms with E-state index >= 15 is 0 Å². The normalized spacial score (nSPS) is 23.6. The summed E-state index contributed by atoms with van der Waals surface area (Å²) >= 11 is 0. The lowest BCUT2D eigenvalue weighted by Gasteiger charge is -2.27. The monoisotopic (exact) mass is 228 g/mol. The van der Waals surface area contributed by atoms with Crippen molar-refractivity contribution in [3.63, 3.8) is 0 Å². The van der Waals surface area contributed by atoms with Crippen LogP contribution in [0.25, 0.3) is 0 Å². The van der Waals surface area contributed by atoms with E-state index in [-0.39, 0.29) is 17.9 Å². The largest absolute Gasteiger partial charge is 0.370 e. The van der Waals surface area contributed by atoms with E-state index in [1.54, 1.807) is 0 Å². The van der Waals surface area contributed by atoms with Crippen molar-refractivity contribution in [3.05, 3.63) is 0 Å². The summed E-state index contributed by atoms with van der Waals surface area (Å²) in [7, 11) is 1.53. The van der Waals surface area contributed by atoms with Crippen LogP contribution >= 0.6 is 0 Å². The van der Waals surface area contributed by atoms with E-state index in [1.165, 1.54) is 7.11 Å². The van der Waals surface area contributed by atoms with Crippen molar-refractivity contribution in [2.45, 2.75) is 33.3 Å². The SMILES string of the molecule is COC(CN)C(=O)N1CCC(C(C)(C)C)C1. The van der Waals surface area contributed by atoms with Gasteiger partial charge in [0.1, 0.15) is 6.10 Å². The summed E-state index contributed by atoms with van der Waals surface area (Å²) in [5.41, 5.74) is 5.76. The van der Waals surface area contributed by atoms with E-state index in [9.17, 15) is 4.79 Å². The lowest BCUT2D eigenvalue weighted by molar-refractivity contribution is -0.140. The molecule has 16 heavy (non-hydrogen) atoms. The molecule has 2 unspecified atom stereocenters. The minimum Gasteiger partial charge on any atom is -0.370 e. The predicted molar refractivity (Wildman–Crippen MR) is 64.0 cm³/mol. The van der Waals surface area contributed by atoms with Crippen LogP contribution in [0.2, 0.25) is 0 Å². The van der Waals surface area contributed by atoms with E-state index in [0.29, 0.717) is 5.92 Å². The molecule has 0 saturated carbocycles. The van der Waals surface area contributed by atoms with Gasteiger partial charge >= 0.3 is 0 Å². The number of nitrogens with zero attached hydrogens (tertiary/aromatic N) is 1. The number of carbonyl (C=O) groups is 1. The molecule has 1 amide bonds. The second-order valence-corrected chi connectivity index (χ2v) is 5.60. The molecule has 1 heterocycles. The molecule has 2 atom stereocenters. The van der Waals surface area contributed by atoms with Crippen molar-refractivity contribution in [3.8, 4) is 0 Å². The van der Waals surface area contributed by atoms with Crippen molar-refractivity contribution < 1.29 is 9.53 Å². The number of ether oxygens (including phenoxy) is 1. The average molecular weight is 228 g/mol. The lowest BCUT2D eigenvalue weighted by Crippen LogP contribution is -2.43. The maximum atomic E-state index is 12.0. The molecule has 1 fully saturated rings. The third kappa shape index (κ3) is 2.95. The summed E-state index contributed by atoms with van der Waals surface area (Å²) in [5.74, 6) is 0.614. The summed E-state index contributed by atoms with van der Waals surface area (Å²) < 4.78 is 5.08. The molecule has 94 valence electrons. The highest BCUT2D eigenvalue weighted by atomic mass is 16.5. The molecule has 0 spiro atoms. The van der Waals surface area contributed by atoms with Gasteiger partial charge in [-0.1, -0.05) is 20.8 Å². The number of amides is 1. The van der Waals surface area contributed by atoms with E-state index in [0.717, 1.165) is 19.5 Å². The molecule has 0 aromatic heterocycles. The number of methoxy groups -OCH3 is 1. The zero-order chi connectivity index (χ0) is 12.3. The Morgan fingerprint density at radius 2 is 2.19 bits per heavy atom. The lowest BCUT2D eigenvalue weighted by atomic mass is 9.80. The van der Waals surface area contributed by atoms with Crippen LogP contribution in [0.15, 0.2) is 0 Å². The Morgan fingerprint density at radius 3 is 2.56 bits per heavy atom. The first-order chi connectivity index (χ1) is 7.40. The Labute approximate surface area is 98.1 Å². The fourth-order valence-electron chi connectivity index (χ4n) is 2.17. The van der Waals surface area contributed by atoms with Gasteiger partial charge in [0, 0.05) is 26.7 Å². The van der Waals surface area contributed by atoms with E-state index in [2.05, 4.69) is 20.8 Å². The van der Waals surface area contributed by atoms with Crippen LogP contribution in [0.5, 0.6) is 0 Å². The van der Waals surface area contributed by atoms with Gasteiger partial charge < -0.3 is 15.4 Å². The van der Waals surface area contributed by atoms with Crippen molar-refractivity contribution >= 4 is 5.91 Å². The molecule has 1 rings (SSSR count). The maximum Gasteiger partial charge on any atom is 0.253 e. The molecular weight excluding hydrogens is 204 g/mol. The average Bonchev–Trinajstić information content (AvgIpc) is 2.67. The molecule has 1 aliphatic heterocycles. The van der Waals surface area contributed by atoms with Gasteiger partial charge in [0.2, 0.25) is 0 Å². The molecule has 1 saturated heterocycles. The second kappa shape index (κ2) is 5.15. The van der Waals surface area contributed by atoms with Gasteiger partial charge in [0.05, 0.1) is 0 Å². The predicted octanol–water partition coefficient (Wildman–Crippen LogP) is 0.855. The zero-order valence-electron chi connectivity index (χ0n) is 10.8. The Kier molecular flexibility index (Phi) is 4.33. The first-order valence-corrected chi connectivity index (χ1v) is 5.91. The topological polar surface area (TPSA) is 55.6 Å². The summed E-state index contributed by atoms with van der Waals surface area (Å²) in [5, 5.41) is 0. The zero-order valence-corrected chi connectivity index (χ0v) is 10.8. The highest BCUT2D eigenvalue weighted by molar-refractivity contribution is 5.81. The Balaban J connectivity index is 2.56. The number of hydrogen-bond donors (Lipinski definition) is 1. The molecule has 2 N–H and O–H groups in total. The van der Waals surface area contributed by atoms with Crippen LogP contribution in [-0.2, 0) is 9.53 Å². The molecule has 0 radical (unpaired) electrons. The maximum absolute atomic E-state index is 12.0. The fraction of sp³-hybridized carbons (Fsp3) is 0.917. The molecule has 0 aromatic carbocycles. The summed E-state index contributed by atoms with van der Waals surface area (Å²) in [6.07, 6.45) is 0.606. The number of hydrogen-bond acceptors (Lipinski definition) is 3. The quantitative estimate of drug-likeness (QED) is 0.779. The van der Waals surface area contributed by atoms with Gasteiger partial charge in [-0.05, 0) is 17.8 Å². The Bertz CT molecular complexity index is 244. The van der Waals surface area contributed by atoms with Crippen molar-refractivity contribution in [2.24, 2.45) is 17.1 Å². The molecule has 0 bridgehead atoms. The Hall–Kier alpha value is -0.610. The van der Waals surface area contributed by atoms with Gasteiger partial charge in [-0.25, -0.2) is 0 Å². The summed E-state index contributed by atoms with van der Waals surface area (Å²) in [4.78, 5) is 13.9. The Morgan fingerprint density at radius 1 is 1.56 bits per heavy atom. The van der Waals surface area contributed by atoms with Crippen LogP contribution in [-0.4, -0.2) is 43.7 Å². The van der Waals surface area contributed by atoms with E-state index < -0.39 is 6.10 Å². The van der Waals surface area contributed by atoms with Crippen LogP contribution in [0.3, 0.4) is 0 Å². The van der Waals surface area contributed by atoms with Crippen LogP contribution in [0.4, 0.5) is 0 Å². The van der Waals surface area contributed by atoms with Gasteiger partial charge in [0.15, 0.2) is 0 Å². The highest BCUT2D eigenvalue weighted by Gasteiger charge is 2.35. The van der Waals surface area contributed by atoms with Gasteiger partial charge in [-0.3, -0.25) is 4.79 Å². The van der Waals surface area contributed by atoms with Crippen molar-refractivity contribution in [2.75, 3.05) is 26.7 Å². The van der Waals surface area contributed by atoms with Crippen LogP contribution in [0, 0.1) is 11.3 Å². The van der Waals surface area contributed by atoms with Gasteiger partial charge in [-0.15, -0.1) is 0 Å². The number of nitrogens with two attached hydrogens (primary N) is 1. The summed E-state index contributed by atoms with van der Waals surface area (Å²) in [6, 6.07) is 0. The first kappa shape index (κ1) is 13.5. The minimum absolute atomic E-state index is 0.0387. The van der Waals surface area contributed by atoms with Crippen molar-refractivity contribution in [1.29, 1.82) is 0 Å². The highest BCUT2D eigenvalue weighted by Crippen LogP contribution is 2.33. The standard InChI is InChI=1S/C12H24N2O2/c1-12(2,3)9-5-6-14(8-9)11(15)10(7-13)16-4/h9-10H,5-8,13H2,1-4H3. The number of rotatable bonds is 3. The number of likely N-dealkylation sites (tertiary alicyclic amines) is 1. The second-order valence-electron chi connectivity index (χ2n) is 5.60. The molecular formula is C12H24N2O2. The third-order valence-electron chi connectivity index (χ3n) is 3.50. The van der Waals surface area contributed by atoms with E-state index in [1.807, 2.05) is 4.90 Å². The smallest absolute Gasteiger partial charge is 0.253 e. The van der Waals surface area contributed by atoms with E-state index in [4.69, 9.17) is 10.5 Å². The number of carbonyl (C=O) groups excluding carboxylic acids is 1. The molecule has 4 nitrogen and oxygen atoms in total. The molecule has 0 aliphatic carbocycles. The first-order valence-electron chi connectivity index (χ1n) is 5.91.